The Morgan fingerprint density at radius 2 is 1.96 bits per heavy atom. The van der Waals surface area contributed by atoms with Gasteiger partial charge in [0.1, 0.15) is 18.8 Å². The first-order valence-electron chi connectivity index (χ1n) is 9.01. The molecule has 0 aliphatic carbocycles. The highest BCUT2D eigenvalue weighted by atomic mass is 35.5. The van der Waals surface area contributed by atoms with E-state index in [0.717, 1.165) is 11.1 Å². The average molecular weight is 388 g/mol. The highest BCUT2D eigenvalue weighted by Crippen LogP contribution is 2.44. The molecule has 2 aromatic rings. The van der Waals surface area contributed by atoms with Crippen LogP contribution < -0.4 is 0 Å². The average Bonchev–Trinajstić information content (AvgIpc) is 3.12. The van der Waals surface area contributed by atoms with Gasteiger partial charge in [-0.05, 0) is 37.1 Å². The second kappa shape index (κ2) is 7.15. The summed E-state index contributed by atoms with van der Waals surface area (Å²) in [6.45, 7) is 4.41. The van der Waals surface area contributed by atoms with Crippen molar-refractivity contribution in [2.75, 3.05) is 6.54 Å². The van der Waals surface area contributed by atoms with E-state index in [9.17, 15) is 4.79 Å². The molecule has 142 valence electrons. The first-order chi connectivity index (χ1) is 12.9. The number of hydrogen-bond donors (Lipinski definition) is 0. The Hall–Kier alpha value is -2.08. The van der Waals surface area contributed by atoms with Crippen molar-refractivity contribution in [3.05, 3.63) is 70.7 Å². The minimum absolute atomic E-state index is 0.201. The number of ether oxygens (including phenoxy) is 3. The minimum atomic E-state index is -0.674. The zero-order valence-corrected chi connectivity index (χ0v) is 16.1. The van der Waals surface area contributed by atoms with Crippen molar-refractivity contribution < 1.29 is 19.0 Å². The van der Waals surface area contributed by atoms with E-state index in [4.69, 9.17) is 25.8 Å². The fraction of sp³-hybridized carbons (Fsp3) is 0.381. The molecule has 6 heteroatoms. The minimum Gasteiger partial charge on any atom is -0.445 e. The monoisotopic (exact) mass is 387 g/mol. The molecule has 1 amide bonds. The predicted molar refractivity (Wildman–Crippen MR) is 101 cm³/mol. The van der Waals surface area contributed by atoms with Crippen molar-refractivity contribution in [2.45, 2.75) is 44.5 Å². The lowest BCUT2D eigenvalue weighted by Crippen LogP contribution is -2.37. The second-order valence-corrected chi connectivity index (χ2v) is 7.77. The molecule has 0 saturated carbocycles. The largest absolute Gasteiger partial charge is 0.445 e. The summed E-state index contributed by atoms with van der Waals surface area (Å²) < 4.78 is 17.7. The highest BCUT2D eigenvalue weighted by Gasteiger charge is 2.54. The summed E-state index contributed by atoms with van der Waals surface area (Å²) >= 11 is 6.18. The molecule has 1 unspecified atom stereocenters. The Kier molecular flexibility index (Phi) is 4.84. The third-order valence-electron chi connectivity index (χ3n) is 4.87. The summed E-state index contributed by atoms with van der Waals surface area (Å²) in [5, 5.41) is 0.617. The number of amides is 1. The number of likely N-dealkylation sites (tertiary alicyclic amines) is 1. The van der Waals surface area contributed by atoms with E-state index in [1.807, 2.05) is 68.4 Å². The summed E-state index contributed by atoms with van der Waals surface area (Å²) in [6, 6.07) is 16.8. The van der Waals surface area contributed by atoms with Gasteiger partial charge in [-0.3, -0.25) is 4.90 Å². The maximum absolute atomic E-state index is 12.8. The van der Waals surface area contributed by atoms with E-state index < -0.39 is 5.79 Å². The van der Waals surface area contributed by atoms with Gasteiger partial charge in [-0.2, -0.15) is 0 Å². The van der Waals surface area contributed by atoms with Crippen molar-refractivity contribution >= 4 is 17.7 Å². The number of benzene rings is 2. The molecular weight excluding hydrogens is 366 g/mol. The van der Waals surface area contributed by atoms with Gasteiger partial charge in [-0.15, -0.1) is 0 Å². The number of fused-ring (bicyclic) bond motifs is 1. The lowest BCUT2D eigenvalue weighted by molar-refractivity contribution is -0.160. The van der Waals surface area contributed by atoms with Gasteiger partial charge in [0, 0.05) is 5.02 Å². The number of nitrogens with zero attached hydrogens (tertiary/aromatic N) is 1. The maximum Gasteiger partial charge on any atom is 0.410 e. The number of carbonyl (C=O) groups is 1. The molecule has 2 aliphatic rings. The fourth-order valence-electron chi connectivity index (χ4n) is 3.81. The standard InChI is InChI=1S/C21H22ClNO4/c1-21(2)26-17-12-23(20(24)25-13-14-7-4-3-5-8-14)18(19(17)27-21)15-9-6-10-16(22)11-15/h3-11,17-19H,12-13H2,1-2H3/t17-,18?,19-/m0/s1. The SMILES string of the molecule is CC1(C)O[C@H]2CN(C(=O)OCc3ccccc3)C(c3cccc(Cl)c3)[C@H]2O1. The van der Waals surface area contributed by atoms with Crippen molar-refractivity contribution in [2.24, 2.45) is 0 Å². The molecular formula is C21H22ClNO4. The van der Waals surface area contributed by atoms with Gasteiger partial charge in [0.2, 0.25) is 0 Å². The van der Waals surface area contributed by atoms with Crippen LogP contribution in [0, 0.1) is 0 Å². The summed E-state index contributed by atoms with van der Waals surface area (Å²) in [5.41, 5.74) is 1.85. The first kappa shape index (κ1) is 18.3. The fourth-order valence-corrected chi connectivity index (χ4v) is 4.01. The van der Waals surface area contributed by atoms with E-state index in [2.05, 4.69) is 0 Å². The molecule has 2 fully saturated rings. The van der Waals surface area contributed by atoms with Gasteiger partial charge in [0.05, 0.1) is 12.6 Å². The van der Waals surface area contributed by atoms with Crippen LogP contribution in [0.3, 0.4) is 0 Å². The molecule has 0 radical (unpaired) electrons. The molecule has 0 spiro atoms. The number of hydrogen-bond acceptors (Lipinski definition) is 4. The quantitative estimate of drug-likeness (QED) is 0.775. The van der Waals surface area contributed by atoms with Gasteiger partial charge in [-0.25, -0.2) is 4.79 Å². The van der Waals surface area contributed by atoms with Crippen LogP contribution in [-0.2, 0) is 20.8 Å². The van der Waals surface area contributed by atoms with Crippen LogP contribution in [0.15, 0.2) is 54.6 Å². The second-order valence-electron chi connectivity index (χ2n) is 7.33. The van der Waals surface area contributed by atoms with E-state index in [1.165, 1.54) is 0 Å². The smallest absolute Gasteiger partial charge is 0.410 e. The summed E-state index contributed by atoms with van der Waals surface area (Å²) in [5.74, 6) is -0.674. The molecule has 4 rings (SSSR count). The Labute approximate surface area is 163 Å². The van der Waals surface area contributed by atoms with Gasteiger partial charge < -0.3 is 14.2 Å². The van der Waals surface area contributed by atoms with Gasteiger partial charge in [0.15, 0.2) is 5.79 Å². The van der Waals surface area contributed by atoms with Crippen molar-refractivity contribution in [1.82, 2.24) is 4.90 Å². The zero-order valence-electron chi connectivity index (χ0n) is 15.3. The van der Waals surface area contributed by atoms with Gasteiger partial charge in [-0.1, -0.05) is 54.1 Å². The lowest BCUT2D eigenvalue weighted by atomic mass is 10.0. The third kappa shape index (κ3) is 3.81. The zero-order chi connectivity index (χ0) is 19.0. The van der Waals surface area contributed by atoms with Crippen LogP contribution in [-0.4, -0.2) is 35.5 Å². The van der Waals surface area contributed by atoms with Crippen LogP contribution >= 0.6 is 11.6 Å². The normalized spacial score (nSPS) is 26.0. The first-order valence-corrected chi connectivity index (χ1v) is 9.39. The van der Waals surface area contributed by atoms with Crippen LogP contribution in [0.5, 0.6) is 0 Å². The van der Waals surface area contributed by atoms with E-state index >= 15 is 0 Å². The molecule has 2 saturated heterocycles. The molecule has 0 bridgehead atoms. The molecule has 3 atom stereocenters. The summed E-state index contributed by atoms with van der Waals surface area (Å²) in [7, 11) is 0. The lowest BCUT2D eigenvalue weighted by Gasteiger charge is -2.29. The molecule has 2 aliphatic heterocycles. The Morgan fingerprint density at radius 1 is 1.19 bits per heavy atom. The van der Waals surface area contributed by atoms with Crippen LogP contribution in [0.1, 0.15) is 31.0 Å². The van der Waals surface area contributed by atoms with E-state index in [0.29, 0.717) is 11.6 Å². The maximum atomic E-state index is 12.8. The van der Waals surface area contributed by atoms with Crippen molar-refractivity contribution in [1.29, 1.82) is 0 Å². The molecule has 27 heavy (non-hydrogen) atoms. The van der Waals surface area contributed by atoms with Crippen LogP contribution in [0.25, 0.3) is 0 Å². The molecule has 2 heterocycles. The number of rotatable bonds is 3. The van der Waals surface area contributed by atoms with Gasteiger partial charge >= 0.3 is 6.09 Å². The predicted octanol–water partition coefficient (Wildman–Crippen LogP) is 4.55. The molecule has 0 N–H and O–H groups in total. The summed E-state index contributed by atoms with van der Waals surface area (Å²) in [4.78, 5) is 14.5. The van der Waals surface area contributed by atoms with E-state index in [-0.39, 0.29) is 30.9 Å². The van der Waals surface area contributed by atoms with Crippen LogP contribution in [0.4, 0.5) is 4.79 Å². The Morgan fingerprint density at radius 3 is 2.70 bits per heavy atom. The van der Waals surface area contributed by atoms with Gasteiger partial charge in [0.25, 0.3) is 0 Å². The Bertz CT molecular complexity index is 826. The molecule has 2 aromatic carbocycles. The Balaban J connectivity index is 1.56. The topological polar surface area (TPSA) is 48.0 Å². The third-order valence-corrected chi connectivity index (χ3v) is 5.11. The molecule has 5 nitrogen and oxygen atoms in total. The number of halogens is 1. The van der Waals surface area contributed by atoms with Crippen molar-refractivity contribution in [3.63, 3.8) is 0 Å². The highest BCUT2D eigenvalue weighted by molar-refractivity contribution is 6.30. The number of carbonyl (C=O) groups excluding carboxylic acids is 1. The van der Waals surface area contributed by atoms with Crippen molar-refractivity contribution in [3.8, 4) is 0 Å². The van der Waals surface area contributed by atoms with Crippen LogP contribution in [0.2, 0.25) is 5.02 Å². The van der Waals surface area contributed by atoms with E-state index in [1.54, 1.807) is 4.90 Å². The summed E-state index contributed by atoms with van der Waals surface area (Å²) in [6.07, 6.45) is -0.848. The molecule has 0 aromatic heterocycles.